The van der Waals surface area contributed by atoms with E-state index in [4.69, 9.17) is 20.9 Å². The molecule has 0 spiro atoms. The van der Waals surface area contributed by atoms with Crippen LogP contribution < -0.4 is 4.74 Å². The summed E-state index contributed by atoms with van der Waals surface area (Å²) in [7, 11) is 0. The van der Waals surface area contributed by atoms with E-state index < -0.39 is 0 Å². The minimum atomic E-state index is -0.345. The number of fused-ring (bicyclic) bond motifs is 1. The van der Waals surface area contributed by atoms with Crippen LogP contribution in [0, 0.1) is 0 Å². The number of halogens is 1. The van der Waals surface area contributed by atoms with E-state index in [0.717, 1.165) is 16.3 Å². The summed E-state index contributed by atoms with van der Waals surface area (Å²) in [5.74, 6) is 0.601. The molecule has 1 heterocycles. The molecule has 0 N–H and O–H groups in total. The highest BCUT2D eigenvalue weighted by atomic mass is 35.5. The van der Waals surface area contributed by atoms with Gasteiger partial charge in [-0.1, -0.05) is 23.4 Å². The first-order valence-corrected chi connectivity index (χ1v) is 6.21. The lowest BCUT2D eigenvalue weighted by Crippen LogP contribution is -2.00. The normalized spacial score (nSPS) is 10.7. The van der Waals surface area contributed by atoms with Crippen LogP contribution in [-0.2, 0) is 4.79 Å². The number of aromatic nitrogens is 2. The molecule has 0 aliphatic carbocycles. The van der Waals surface area contributed by atoms with Gasteiger partial charge in [0.15, 0.2) is 0 Å². The number of hydrogen-bond donors (Lipinski definition) is 0. The fourth-order valence-corrected chi connectivity index (χ4v) is 2.03. The summed E-state index contributed by atoms with van der Waals surface area (Å²) in [5.41, 5.74) is 0.799. The first kappa shape index (κ1) is 12.6. The third-order valence-electron chi connectivity index (χ3n) is 2.73. The molecule has 0 radical (unpaired) electrons. The Balaban J connectivity index is 2.02. The number of nitrogens with zero attached hydrogens (tertiary/aromatic N) is 2. The first-order chi connectivity index (χ1) is 9.61. The number of carbonyl (C=O) groups excluding carboxylic acids is 1. The lowest BCUT2D eigenvalue weighted by atomic mass is 10.1. The van der Waals surface area contributed by atoms with Crippen LogP contribution in [0.15, 0.2) is 40.9 Å². The Morgan fingerprint density at radius 1 is 1.20 bits per heavy atom. The van der Waals surface area contributed by atoms with Crippen molar-refractivity contribution in [3.05, 3.63) is 41.7 Å². The lowest BCUT2D eigenvalue weighted by Gasteiger charge is -2.04. The molecule has 1 aromatic heterocycles. The summed E-state index contributed by atoms with van der Waals surface area (Å²) < 4.78 is 9.79. The molecule has 100 valence electrons. The van der Waals surface area contributed by atoms with Crippen molar-refractivity contribution in [1.82, 2.24) is 10.1 Å². The van der Waals surface area contributed by atoms with Crippen molar-refractivity contribution in [1.29, 1.82) is 0 Å². The van der Waals surface area contributed by atoms with E-state index in [0.29, 0.717) is 11.6 Å². The molecule has 3 rings (SSSR count). The lowest BCUT2D eigenvalue weighted by molar-refractivity contribution is -0.131. The zero-order valence-electron chi connectivity index (χ0n) is 10.5. The minimum absolute atomic E-state index is 0.00491. The Labute approximate surface area is 119 Å². The smallest absolute Gasteiger partial charge is 0.320 e. The predicted molar refractivity (Wildman–Crippen MR) is 73.6 cm³/mol. The molecule has 0 amide bonds. The Bertz CT molecular complexity index is 798. The summed E-state index contributed by atoms with van der Waals surface area (Å²) in [5, 5.41) is 5.69. The molecule has 20 heavy (non-hydrogen) atoms. The molecule has 2 aromatic carbocycles. The van der Waals surface area contributed by atoms with Gasteiger partial charge in [0.25, 0.3) is 0 Å². The van der Waals surface area contributed by atoms with E-state index in [1.807, 2.05) is 24.3 Å². The van der Waals surface area contributed by atoms with E-state index in [2.05, 4.69) is 10.1 Å². The number of benzene rings is 2. The summed E-state index contributed by atoms with van der Waals surface area (Å²) >= 11 is 5.61. The fraction of sp³-hybridized carbons (Fsp3) is 0.0714. The molecular weight excluding hydrogens is 280 g/mol. The molecule has 0 bridgehead atoms. The molecule has 0 fully saturated rings. The average Bonchev–Trinajstić information content (AvgIpc) is 2.84. The van der Waals surface area contributed by atoms with Gasteiger partial charge in [0.1, 0.15) is 5.75 Å². The predicted octanol–water partition coefficient (Wildman–Crippen LogP) is 3.47. The Kier molecular flexibility index (Phi) is 3.12. The van der Waals surface area contributed by atoms with Crippen molar-refractivity contribution in [2.45, 2.75) is 6.92 Å². The van der Waals surface area contributed by atoms with Crippen LogP contribution in [-0.4, -0.2) is 16.1 Å². The van der Waals surface area contributed by atoms with Crippen molar-refractivity contribution in [3.8, 4) is 17.1 Å². The van der Waals surface area contributed by atoms with Crippen molar-refractivity contribution in [3.63, 3.8) is 0 Å². The summed E-state index contributed by atoms with van der Waals surface area (Å²) in [6.07, 6.45) is 0. The molecule has 3 aromatic rings. The van der Waals surface area contributed by atoms with Gasteiger partial charge in [-0.25, -0.2) is 0 Å². The summed E-state index contributed by atoms with van der Waals surface area (Å²) in [4.78, 5) is 14.9. The second kappa shape index (κ2) is 4.94. The second-order valence-corrected chi connectivity index (χ2v) is 4.51. The van der Waals surface area contributed by atoms with Gasteiger partial charge in [0.2, 0.25) is 5.82 Å². The fourth-order valence-electron chi connectivity index (χ4n) is 1.91. The third kappa shape index (κ3) is 2.48. The Morgan fingerprint density at radius 2 is 1.95 bits per heavy atom. The molecule has 0 aliphatic heterocycles. The number of carbonyl (C=O) groups is 1. The molecule has 0 saturated carbocycles. The summed E-state index contributed by atoms with van der Waals surface area (Å²) in [6.45, 7) is 1.37. The van der Waals surface area contributed by atoms with Crippen molar-refractivity contribution >= 4 is 28.3 Å². The zero-order valence-corrected chi connectivity index (χ0v) is 11.2. The van der Waals surface area contributed by atoms with Crippen LogP contribution in [0.2, 0.25) is 5.35 Å². The molecule has 6 heteroatoms. The quantitative estimate of drug-likeness (QED) is 0.533. The highest BCUT2D eigenvalue weighted by molar-refractivity contribution is 6.27. The maximum atomic E-state index is 10.9. The molecular formula is C14H9ClN2O3. The van der Waals surface area contributed by atoms with Crippen LogP contribution in [0.1, 0.15) is 6.92 Å². The highest BCUT2D eigenvalue weighted by Crippen LogP contribution is 2.26. The van der Waals surface area contributed by atoms with Gasteiger partial charge in [-0.3, -0.25) is 4.79 Å². The number of esters is 1. The van der Waals surface area contributed by atoms with Gasteiger partial charge in [-0.15, -0.1) is 0 Å². The van der Waals surface area contributed by atoms with E-state index in [1.165, 1.54) is 6.92 Å². The van der Waals surface area contributed by atoms with Crippen molar-refractivity contribution in [2.24, 2.45) is 0 Å². The number of rotatable bonds is 2. The molecule has 0 aliphatic rings. The van der Waals surface area contributed by atoms with Gasteiger partial charge in [0, 0.05) is 12.5 Å². The standard InChI is InChI=1S/C14H9ClN2O3/c1-8(18)19-12-5-4-9-6-11(3-2-10(9)7-12)13-16-14(15)20-17-13/h2-7H,1H3. The number of ether oxygens (including phenoxy) is 1. The third-order valence-corrected chi connectivity index (χ3v) is 2.89. The van der Waals surface area contributed by atoms with Gasteiger partial charge < -0.3 is 9.26 Å². The van der Waals surface area contributed by atoms with Crippen LogP contribution in [0.5, 0.6) is 5.75 Å². The highest BCUT2D eigenvalue weighted by Gasteiger charge is 2.08. The molecule has 0 atom stereocenters. The maximum Gasteiger partial charge on any atom is 0.320 e. The minimum Gasteiger partial charge on any atom is -0.427 e. The summed E-state index contributed by atoms with van der Waals surface area (Å²) in [6, 6.07) is 11.0. The van der Waals surface area contributed by atoms with Crippen LogP contribution in [0.3, 0.4) is 0 Å². The number of hydrogen-bond acceptors (Lipinski definition) is 5. The van der Waals surface area contributed by atoms with Crippen LogP contribution >= 0.6 is 11.6 Å². The van der Waals surface area contributed by atoms with Gasteiger partial charge in [-0.2, -0.15) is 4.98 Å². The largest absolute Gasteiger partial charge is 0.427 e. The SMILES string of the molecule is CC(=O)Oc1ccc2cc(-c3noc(Cl)n3)ccc2c1. The van der Waals surface area contributed by atoms with Gasteiger partial charge >= 0.3 is 11.3 Å². The van der Waals surface area contributed by atoms with Gasteiger partial charge in [-0.05, 0) is 40.6 Å². The zero-order chi connectivity index (χ0) is 14.1. The van der Waals surface area contributed by atoms with E-state index in [1.54, 1.807) is 12.1 Å². The van der Waals surface area contributed by atoms with Crippen LogP contribution in [0.4, 0.5) is 0 Å². The van der Waals surface area contributed by atoms with Gasteiger partial charge in [0.05, 0.1) is 0 Å². The molecule has 5 nitrogen and oxygen atoms in total. The van der Waals surface area contributed by atoms with E-state index in [9.17, 15) is 4.79 Å². The topological polar surface area (TPSA) is 65.2 Å². The molecule has 0 unspecified atom stereocenters. The molecule has 0 saturated heterocycles. The first-order valence-electron chi connectivity index (χ1n) is 5.83. The van der Waals surface area contributed by atoms with Crippen LogP contribution in [0.25, 0.3) is 22.2 Å². The van der Waals surface area contributed by atoms with E-state index in [-0.39, 0.29) is 11.3 Å². The van der Waals surface area contributed by atoms with Crippen molar-refractivity contribution in [2.75, 3.05) is 0 Å². The maximum absolute atomic E-state index is 10.9. The average molecular weight is 289 g/mol. The Morgan fingerprint density at radius 3 is 2.65 bits per heavy atom. The monoisotopic (exact) mass is 288 g/mol. The second-order valence-electron chi connectivity index (χ2n) is 4.19. The van der Waals surface area contributed by atoms with Crippen molar-refractivity contribution < 1.29 is 14.1 Å². The Hall–Kier alpha value is -2.40. The van der Waals surface area contributed by atoms with E-state index >= 15 is 0 Å².